The van der Waals surface area contributed by atoms with Gasteiger partial charge in [0, 0.05) is 0 Å². The molecule has 11 heavy (non-hydrogen) atoms. The Kier molecular flexibility index (Phi) is 1.32. The second-order valence-electron chi connectivity index (χ2n) is 2.10. The third-order valence-corrected chi connectivity index (χ3v) is 1.55. The Morgan fingerprint density at radius 2 is 2.18 bits per heavy atom. The highest BCUT2D eigenvalue weighted by atomic mass is 35.5. The zero-order valence-corrected chi connectivity index (χ0v) is 6.14. The molecule has 2 nitrogen and oxygen atoms in total. The molecule has 1 aromatic carbocycles. The van der Waals surface area contributed by atoms with Gasteiger partial charge < -0.3 is 0 Å². The fourth-order valence-electron chi connectivity index (χ4n) is 0.922. The molecule has 0 unspecified atom stereocenters. The van der Waals surface area contributed by atoms with Crippen LogP contribution in [0, 0.1) is 5.82 Å². The summed E-state index contributed by atoms with van der Waals surface area (Å²) in [6, 6.07) is 4.56. The highest BCUT2D eigenvalue weighted by molar-refractivity contribution is 6.65. The molecule has 0 aliphatic carbocycles. The van der Waals surface area contributed by atoms with Gasteiger partial charge in [-0.3, -0.25) is 0 Å². The summed E-state index contributed by atoms with van der Waals surface area (Å²) >= 11 is 5.47. The molecule has 0 spiro atoms. The molecule has 0 fully saturated rings. The zero-order valence-electron chi connectivity index (χ0n) is 5.38. The van der Waals surface area contributed by atoms with Crippen LogP contribution in [-0.4, -0.2) is 5.29 Å². The Morgan fingerprint density at radius 1 is 1.36 bits per heavy atom. The third-order valence-electron chi connectivity index (χ3n) is 1.38. The van der Waals surface area contributed by atoms with Crippen molar-refractivity contribution in [2.75, 3.05) is 0 Å². The number of rotatable bonds is 0. The van der Waals surface area contributed by atoms with Crippen molar-refractivity contribution in [1.29, 1.82) is 0 Å². The summed E-state index contributed by atoms with van der Waals surface area (Å²) in [5, 5.41) is 3.78. The van der Waals surface area contributed by atoms with E-state index in [0.717, 1.165) is 0 Å². The summed E-state index contributed by atoms with van der Waals surface area (Å²) in [6.45, 7) is 0. The number of benzene rings is 1. The Morgan fingerprint density at radius 3 is 2.91 bits per heavy atom. The molecule has 0 atom stereocenters. The van der Waals surface area contributed by atoms with Crippen molar-refractivity contribution in [2.45, 2.75) is 0 Å². The van der Waals surface area contributed by atoms with Gasteiger partial charge in [0.1, 0.15) is 5.69 Å². The maximum absolute atomic E-state index is 12.8. The minimum Gasteiger partial charge on any atom is -0.216 e. The first-order valence-corrected chi connectivity index (χ1v) is 3.39. The lowest BCUT2D eigenvalue weighted by molar-refractivity contribution is 0.627. The Hall–Kier alpha value is -1.09. The summed E-state index contributed by atoms with van der Waals surface area (Å²) in [6.07, 6.45) is 0. The van der Waals surface area contributed by atoms with E-state index in [9.17, 15) is 4.39 Å². The van der Waals surface area contributed by atoms with Crippen LogP contribution in [0.1, 0.15) is 0 Å². The summed E-state index contributed by atoms with van der Waals surface area (Å²) < 4.78 is 12.8. The van der Waals surface area contributed by atoms with Crippen molar-refractivity contribution < 1.29 is 4.39 Å². The van der Waals surface area contributed by atoms with E-state index in [-0.39, 0.29) is 16.8 Å². The number of halogens is 2. The van der Waals surface area contributed by atoms with Crippen LogP contribution < -0.4 is 5.32 Å². The van der Waals surface area contributed by atoms with Crippen LogP contribution in [0.3, 0.4) is 0 Å². The fraction of sp³-hybridized carbons (Fsp3) is 0. The molecule has 0 amide bonds. The molecule has 55 valence electrons. The van der Waals surface area contributed by atoms with Crippen LogP contribution in [0.15, 0.2) is 23.2 Å². The molecule has 0 bridgehead atoms. The third kappa shape index (κ3) is 0.973. The van der Waals surface area contributed by atoms with E-state index in [1.807, 2.05) is 0 Å². The Balaban J connectivity index is 2.59. The van der Waals surface area contributed by atoms with E-state index in [1.54, 1.807) is 12.1 Å². The standard InChI is InChI=1S/C7H3ClFN2/c8-7-10-5-3-1-2-4(9)6(5)11-7/h1-3H. The first-order chi connectivity index (χ1) is 5.27. The largest absolute Gasteiger partial charge is 0.223 e. The summed E-state index contributed by atoms with van der Waals surface area (Å²) in [5.74, 6) is -0.387. The molecule has 0 N–H and O–H groups in total. The number of para-hydroxylation sites is 1. The van der Waals surface area contributed by atoms with Crippen LogP contribution in [0.4, 0.5) is 15.8 Å². The quantitative estimate of drug-likeness (QED) is 0.533. The van der Waals surface area contributed by atoms with Crippen LogP contribution >= 0.6 is 11.6 Å². The molecule has 1 radical (unpaired) electrons. The molecule has 0 saturated heterocycles. The van der Waals surface area contributed by atoms with Crippen LogP contribution in [0.25, 0.3) is 0 Å². The molecule has 1 aromatic rings. The van der Waals surface area contributed by atoms with E-state index in [1.165, 1.54) is 6.07 Å². The van der Waals surface area contributed by atoms with E-state index in [0.29, 0.717) is 5.69 Å². The molecule has 4 heteroatoms. The molecule has 2 rings (SSSR count). The molecule has 0 saturated carbocycles. The van der Waals surface area contributed by atoms with E-state index in [2.05, 4.69) is 10.3 Å². The summed E-state index contributed by atoms with van der Waals surface area (Å²) in [4.78, 5) is 3.79. The first-order valence-electron chi connectivity index (χ1n) is 3.02. The summed E-state index contributed by atoms with van der Waals surface area (Å²) in [5.41, 5.74) is 0.729. The zero-order chi connectivity index (χ0) is 7.84. The minimum atomic E-state index is -0.387. The highest BCUT2D eigenvalue weighted by Gasteiger charge is 2.17. The average molecular weight is 170 g/mol. The van der Waals surface area contributed by atoms with Crippen molar-refractivity contribution >= 4 is 28.3 Å². The maximum Gasteiger partial charge on any atom is 0.223 e. The second-order valence-corrected chi connectivity index (χ2v) is 2.44. The molecule has 0 aromatic heterocycles. The number of aliphatic imine (C=N–C) groups is 1. The van der Waals surface area contributed by atoms with Gasteiger partial charge in [-0.05, 0) is 23.7 Å². The number of hydrogen-bond acceptors (Lipinski definition) is 1. The number of hydrogen-bond donors (Lipinski definition) is 0. The Bertz CT molecular complexity index is 335. The van der Waals surface area contributed by atoms with Crippen LogP contribution in [0.5, 0.6) is 0 Å². The van der Waals surface area contributed by atoms with Crippen molar-refractivity contribution in [3.8, 4) is 0 Å². The molecule has 1 aliphatic rings. The predicted molar refractivity (Wildman–Crippen MR) is 41.1 cm³/mol. The lowest BCUT2D eigenvalue weighted by Gasteiger charge is -1.94. The number of fused-ring (bicyclic) bond motifs is 1. The normalized spacial score (nSPS) is 13.8. The van der Waals surface area contributed by atoms with Crippen molar-refractivity contribution in [3.63, 3.8) is 0 Å². The lowest BCUT2D eigenvalue weighted by atomic mass is 10.3. The number of nitrogens with zero attached hydrogens (tertiary/aromatic N) is 2. The summed E-state index contributed by atoms with van der Waals surface area (Å²) in [7, 11) is 0. The van der Waals surface area contributed by atoms with Crippen LogP contribution in [-0.2, 0) is 0 Å². The van der Waals surface area contributed by atoms with Gasteiger partial charge in [-0.2, -0.15) is 0 Å². The van der Waals surface area contributed by atoms with Crippen LogP contribution in [0.2, 0.25) is 0 Å². The van der Waals surface area contributed by atoms with E-state index < -0.39 is 0 Å². The molecule has 1 heterocycles. The van der Waals surface area contributed by atoms with Gasteiger partial charge >= 0.3 is 0 Å². The monoisotopic (exact) mass is 169 g/mol. The van der Waals surface area contributed by atoms with Gasteiger partial charge in [-0.25, -0.2) is 14.7 Å². The highest BCUT2D eigenvalue weighted by Crippen LogP contribution is 2.32. The van der Waals surface area contributed by atoms with Gasteiger partial charge in [-0.15, -0.1) is 0 Å². The van der Waals surface area contributed by atoms with Crippen molar-refractivity contribution in [1.82, 2.24) is 5.32 Å². The predicted octanol–water partition coefficient (Wildman–Crippen LogP) is 2.30. The second kappa shape index (κ2) is 2.20. The minimum absolute atomic E-state index is 0.0881. The fourth-order valence-corrected chi connectivity index (χ4v) is 1.10. The molecule has 1 aliphatic heterocycles. The van der Waals surface area contributed by atoms with E-state index >= 15 is 0 Å². The van der Waals surface area contributed by atoms with Gasteiger partial charge in [0.05, 0.1) is 5.69 Å². The average Bonchev–Trinajstić information content (AvgIpc) is 2.31. The Labute approximate surface area is 67.7 Å². The maximum atomic E-state index is 12.8. The number of amidine groups is 1. The van der Waals surface area contributed by atoms with Crippen molar-refractivity contribution in [2.24, 2.45) is 4.99 Å². The molecular weight excluding hydrogens is 167 g/mol. The van der Waals surface area contributed by atoms with Crippen molar-refractivity contribution in [3.05, 3.63) is 24.0 Å². The topological polar surface area (TPSA) is 26.5 Å². The van der Waals surface area contributed by atoms with Gasteiger partial charge in [-0.1, -0.05) is 6.07 Å². The van der Waals surface area contributed by atoms with E-state index in [4.69, 9.17) is 11.6 Å². The lowest BCUT2D eigenvalue weighted by Crippen LogP contribution is -1.97. The first kappa shape index (κ1) is 6.61. The van der Waals surface area contributed by atoms with Gasteiger partial charge in [0.2, 0.25) is 5.29 Å². The van der Waals surface area contributed by atoms with Gasteiger partial charge in [0.15, 0.2) is 5.82 Å². The van der Waals surface area contributed by atoms with Gasteiger partial charge in [0.25, 0.3) is 0 Å². The smallest absolute Gasteiger partial charge is 0.216 e. The SMILES string of the molecule is Fc1cccc2c1[N]C(Cl)=N2. The molecular formula is C7H3ClFN2.